The summed E-state index contributed by atoms with van der Waals surface area (Å²) in [5.41, 5.74) is 1.12. The fourth-order valence-electron chi connectivity index (χ4n) is 1.43. The molecule has 1 N–H and O–H groups in total. The quantitative estimate of drug-likeness (QED) is 0.689. The van der Waals surface area contributed by atoms with E-state index in [0.717, 1.165) is 12.2 Å². The van der Waals surface area contributed by atoms with Crippen LogP contribution in [0.5, 0.6) is 0 Å². The van der Waals surface area contributed by atoms with Crippen LogP contribution >= 0.6 is 11.5 Å². The summed E-state index contributed by atoms with van der Waals surface area (Å²) in [6.07, 6.45) is 3.83. The van der Waals surface area contributed by atoms with Crippen LogP contribution in [0.2, 0.25) is 0 Å². The summed E-state index contributed by atoms with van der Waals surface area (Å²) in [6, 6.07) is 0.475. The second-order valence-electron chi connectivity index (χ2n) is 2.83. The summed E-state index contributed by atoms with van der Waals surface area (Å²) in [6.45, 7) is 1.13. The molecule has 1 fully saturated rings. The van der Waals surface area contributed by atoms with Gasteiger partial charge in [0.2, 0.25) is 0 Å². The monoisotopic (exact) mass is 169 g/mol. The zero-order chi connectivity index (χ0) is 7.52. The number of aromatic nitrogens is 2. The van der Waals surface area contributed by atoms with E-state index < -0.39 is 0 Å². The van der Waals surface area contributed by atoms with Crippen molar-refractivity contribution in [1.29, 1.82) is 0 Å². The van der Waals surface area contributed by atoms with Crippen molar-refractivity contribution in [3.63, 3.8) is 0 Å². The van der Waals surface area contributed by atoms with Crippen molar-refractivity contribution in [2.75, 3.05) is 6.54 Å². The van der Waals surface area contributed by atoms with Gasteiger partial charge in [-0.25, -0.2) is 0 Å². The SMILES string of the molecule is c1snnc1C1CCCCN1. The lowest BCUT2D eigenvalue weighted by molar-refractivity contribution is 0.405. The second kappa shape index (κ2) is 3.28. The number of piperidine rings is 1. The normalized spacial score (nSPS) is 25.3. The van der Waals surface area contributed by atoms with Gasteiger partial charge in [-0.05, 0) is 30.9 Å². The molecular weight excluding hydrogens is 158 g/mol. The Labute approximate surface area is 70.0 Å². The first-order valence-electron chi connectivity index (χ1n) is 3.97. The van der Waals surface area contributed by atoms with Crippen LogP contribution in [0, 0.1) is 0 Å². The van der Waals surface area contributed by atoms with Gasteiger partial charge in [-0.1, -0.05) is 10.9 Å². The van der Waals surface area contributed by atoms with Crippen molar-refractivity contribution in [2.24, 2.45) is 0 Å². The Kier molecular flexibility index (Phi) is 2.14. The molecule has 1 aromatic rings. The second-order valence-corrected chi connectivity index (χ2v) is 3.44. The van der Waals surface area contributed by atoms with Crippen molar-refractivity contribution in [1.82, 2.24) is 14.9 Å². The zero-order valence-corrected chi connectivity index (χ0v) is 7.10. The van der Waals surface area contributed by atoms with E-state index in [1.807, 2.05) is 5.38 Å². The maximum absolute atomic E-state index is 4.05. The van der Waals surface area contributed by atoms with Gasteiger partial charge in [-0.3, -0.25) is 0 Å². The summed E-state index contributed by atoms with van der Waals surface area (Å²) in [7, 11) is 0. The van der Waals surface area contributed by atoms with Crippen LogP contribution in [-0.2, 0) is 0 Å². The highest BCUT2D eigenvalue weighted by Crippen LogP contribution is 2.21. The van der Waals surface area contributed by atoms with Crippen LogP contribution in [-0.4, -0.2) is 16.1 Å². The molecule has 0 radical (unpaired) electrons. The molecule has 1 atom stereocenters. The Morgan fingerprint density at radius 3 is 3.18 bits per heavy atom. The molecule has 1 aliphatic heterocycles. The maximum atomic E-state index is 4.05. The highest BCUT2D eigenvalue weighted by molar-refractivity contribution is 7.03. The Balaban J connectivity index is 2.04. The fraction of sp³-hybridized carbons (Fsp3) is 0.714. The van der Waals surface area contributed by atoms with Crippen LogP contribution < -0.4 is 5.32 Å². The van der Waals surface area contributed by atoms with Gasteiger partial charge in [0, 0.05) is 5.38 Å². The molecule has 1 saturated heterocycles. The highest BCUT2D eigenvalue weighted by Gasteiger charge is 2.16. The van der Waals surface area contributed by atoms with Crippen LogP contribution in [0.1, 0.15) is 31.0 Å². The predicted octanol–water partition coefficient (Wildman–Crippen LogP) is 1.35. The molecule has 1 aliphatic rings. The third-order valence-corrected chi connectivity index (χ3v) is 2.57. The smallest absolute Gasteiger partial charge is 0.0924 e. The van der Waals surface area contributed by atoms with Gasteiger partial charge in [-0.15, -0.1) is 5.10 Å². The number of hydrogen-bond acceptors (Lipinski definition) is 4. The summed E-state index contributed by atoms with van der Waals surface area (Å²) < 4.78 is 3.85. The zero-order valence-electron chi connectivity index (χ0n) is 6.29. The predicted molar refractivity (Wildman–Crippen MR) is 44.5 cm³/mol. The van der Waals surface area contributed by atoms with E-state index in [2.05, 4.69) is 14.9 Å². The molecule has 0 aromatic carbocycles. The van der Waals surface area contributed by atoms with Crippen molar-refractivity contribution < 1.29 is 0 Å². The van der Waals surface area contributed by atoms with Crippen LogP contribution in [0.4, 0.5) is 0 Å². The number of nitrogens with zero attached hydrogens (tertiary/aromatic N) is 2. The van der Waals surface area contributed by atoms with E-state index in [4.69, 9.17) is 0 Å². The van der Waals surface area contributed by atoms with Crippen molar-refractivity contribution in [2.45, 2.75) is 25.3 Å². The molecule has 0 aliphatic carbocycles. The topological polar surface area (TPSA) is 37.8 Å². The lowest BCUT2D eigenvalue weighted by Gasteiger charge is -2.20. The van der Waals surface area contributed by atoms with Gasteiger partial charge in [0.15, 0.2) is 0 Å². The number of rotatable bonds is 1. The summed E-state index contributed by atoms with van der Waals surface area (Å²) in [5.74, 6) is 0. The third-order valence-electron chi connectivity index (χ3n) is 2.04. The van der Waals surface area contributed by atoms with E-state index in [-0.39, 0.29) is 0 Å². The highest BCUT2D eigenvalue weighted by atomic mass is 32.1. The standard InChI is InChI=1S/C7H11N3S/c1-2-4-8-6(3-1)7-5-11-10-9-7/h5-6,8H,1-4H2. The van der Waals surface area contributed by atoms with Gasteiger partial charge >= 0.3 is 0 Å². The Hall–Kier alpha value is -0.480. The fourth-order valence-corrected chi connectivity index (χ4v) is 1.94. The van der Waals surface area contributed by atoms with Crippen LogP contribution in [0.15, 0.2) is 5.38 Å². The largest absolute Gasteiger partial charge is 0.309 e. The maximum Gasteiger partial charge on any atom is 0.0924 e. The van der Waals surface area contributed by atoms with E-state index in [0.29, 0.717) is 6.04 Å². The molecule has 60 valence electrons. The average Bonchev–Trinajstić information content (AvgIpc) is 2.58. The summed E-state index contributed by atoms with van der Waals surface area (Å²) in [5, 5.41) is 9.50. The van der Waals surface area contributed by atoms with Gasteiger partial charge in [0.25, 0.3) is 0 Å². The first kappa shape index (κ1) is 7.18. The first-order valence-corrected chi connectivity index (χ1v) is 4.81. The molecule has 0 bridgehead atoms. The van der Waals surface area contributed by atoms with Gasteiger partial charge in [0.05, 0.1) is 11.7 Å². The average molecular weight is 169 g/mol. The van der Waals surface area contributed by atoms with Gasteiger partial charge in [-0.2, -0.15) is 0 Å². The minimum Gasteiger partial charge on any atom is -0.309 e. The molecule has 4 heteroatoms. The van der Waals surface area contributed by atoms with E-state index in [1.165, 1.54) is 30.8 Å². The number of nitrogens with one attached hydrogen (secondary N) is 1. The Morgan fingerprint density at radius 1 is 1.55 bits per heavy atom. The molecule has 3 nitrogen and oxygen atoms in total. The van der Waals surface area contributed by atoms with Gasteiger partial charge in [0.1, 0.15) is 0 Å². The minimum absolute atomic E-state index is 0.475. The summed E-state index contributed by atoms with van der Waals surface area (Å²) in [4.78, 5) is 0. The van der Waals surface area contributed by atoms with Crippen molar-refractivity contribution in [3.8, 4) is 0 Å². The molecule has 0 saturated carbocycles. The molecular formula is C7H11N3S. The van der Waals surface area contributed by atoms with E-state index in [9.17, 15) is 0 Å². The molecule has 11 heavy (non-hydrogen) atoms. The first-order chi connectivity index (χ1) is 5.47. The molecule has 1 aromatic heterocycles. The Bertz CT molecular complexity index is 203. The lowest BCUT2D eigenvalue weighted by atomic mass is 10.0. The van der Waals surface area contributed by atoms with Crippen molar-refractivity contribution in [3.05, 3.63) is 11.1 Å². The molecule has 2 heterocycles. The number of hydrogen-bond donors (Lipinski definition) is 1. The molecule has 0 spiro atoms. The lowest BCUT2D eigenvalue weighted by Crippen LogP contribution is -2.26. The molecule has 1 unspecified atom stereocenters. The molecule has 0 amide bonds. The van der Waals surface area contributed by atoms with Gasteiger partial charge < -0.3 is 5.32 Å². The van der Waals surface area contributed by atoms with Crippen LogP contribution in [0.3, 0.4) is 0 Å². The van der Waals surface area contributed by atoms with E-state index in [1.54, 1.807) is 0 Å². The minimum atomic E-state index is 0.475. The Morgan fingerprint density at radius 2 is 2.55 bits per heavy atom. The summed E-state index contributed by atoms with van der Waals surface area (Å²) >= 11 is 1.43. The van der Waals surface area contributed by atoms with Crippen LogP contribution in [0.25, 0.3) is 0 Å². The molecule has 2 rings (SSSR count). The third kappa shape index (κ3) is 1.57. The van der Waals surface area contributed by atoms with E-state index >= 15 is 0 Å². The van der Waals surface area contributed by atoms with Crippen molar-refractivity contribution >= 4 is 11.5 Å².